The van der Waals surface area contributed by atoms with E-state index in [-0.39, 0.29) is 11.8 Å². The van der Waals surface area contributed by atoms with Crippen LogP contribution in [0.5, 0.6) is 0 Å². The van der Waals surface area contributed by atoms with Crippen LogP contribution < -0.4 is 5.73 Å². The fourth-order valence-electron chi connectivity index (χ4n) is 2.12. The number of benzene rings is 2. The van der Waals surface area contributed by atoms with Crippen LogP contribution in [0.3, 0.4) is 0 Å². The molecule has 0 saturated carbocycles. The Hall–Kier alpha value is -2.39. The number of rotatable bonds is 1. The van der Waals surface area contributed by atoms with Crippen LogP contribution in [0, 0.1) is 17.1 Å². The molecule has 0 bridgehead atoms. The smallest absolute Gasteiger partial charge is 0.205 e. The van der Waals surface area contributed by atoms with Crippen molar-refractivity contribution in [2.75, 3.05) is 5.73 Å². The van der Waals surface area contributed by atoms with Crippen LogP contribution in [0.4, 0.5) is 10.3 Å². The summed E-state index contributed by atoms with van der Waals surface area (Å²) < 4.78 is 15.7. The van der Waals surface area contributed by atoms with Gasteiger partial charge in [-0.3, -0.25) is 4.57 Å². The molecule has 2 N–H and O–H groups in total. The summed E-state index contributed by atoms with van der Waals surface area (Å²) in [5.74, 6) is -0.164. The van der Waals surface area contributed by atoms with E-state index in [9.17, 15) is 9.65 Å². The quantitative estimate of drug-likeness (QED) is 0.743. The molecule has 3 rings (SSSR count). The molecule has 6 heteroatoms. The normalized spacial score (nSPS) is 10.7. The van der Waals surface area contributed by atoms with Gasteiger partial charge in [0.2, 0.25) is 5.95 Å². The Morgan fingerprint density at radius 2 is 2.05 bits per heavy atom. The van der Waals surface area contributed by atoms with Crippen molar-refractivity contribution in [3.63, 3.8) is 0 Å². The number of hydrogen-bond acceptors (Lipinski definition) is 3. The summed E-state index contributed by atoms with van der Waals surface area (Å²) in [6.07, 6.45) is 0. The Morgan fingerprint density at radius 3 is 2.80 bits per heavy atom. The Labute approximate surface area is 122 Å². The zero-order valence-electron chi connectivity index (χ0n) is 10.1. The number of imidazole rings is 1. The molecule has 3 aromatic rings. The van der Waals surface area contributed by atoms with E-state index in [1.807, 2.05) is 6.07 Å². The molecule has 98 valence electrons. The molecule has 1 aromatic heterocycles. The van der Waals surface area contributed by atoms with Gasteiger partial charge in [-0.05, 0) is 30.3 Å². The van der Waals surface area contributed by atoms with Crippen LogP contribution in [-0.2, 0) is 0 Å². The summed E-state index contributed by atoms with van der Waals surface area (Å²) in [6.45, 7) is 0. The monoisotopic (exact) mass is 330 g/mol. The van der Waals surface area contributed by atoms with E-state index in [1.165, 1.54) is 12.1 Å². The minimum atomic E-state index is -0.376. The van der Waals surface area contributed by atoms with Crippen LogP contribution in [0.15, 0.2) is 40.9 Å². The van der Waals surface area contributed by atoms with E-state index in [0.717, 1.165) is 4.47 Å². The third kappa shape index (κ3) is 1.92. The third-order valence-electron chi connectivity index (χ3n) is 2.96. The number of anilines is 1. The zero-order valence-corrected chi connectivity index (χ0v) is 11.7. The van der Waals surface area contributed by atoms with E-state index >= 15 is 0 Å². The number of aromatic nitrogens is 2. The van der Waals surface area contributed by atoms with E-state index in [1.54, 1.807) is 22.8 Å². The van der Waals surface area contributed by atoms with Gasteiger partial charge in [-0.1, -0.05) is 15.9 Å². The first-order valence-electron chi connectivity index (χ1n) is 5.73. The average Bonchev–Trinajstić information content (AvgIpc) is 2.73. The molecule has 4 nitrogen and oxygen atoms in total. The van der Waals surface area contributed by atoms with Crippen LogP contribution in [0.2, 0.25) is 0 Å². The largest absolute Gasteiger partial charge is 0.369 e. The van der Waals surface area contributed by atoms with Gasteiger partial charge < -0.3 is 5.73 Å². The third-order valence-corrected chi connectivity index (χ3v) is 3.46. The molecule has 0 unspecified atom stereocenters. The molecule has 0 radical (unpaired) electrons. The minimum Gasteiger partial charge on any atom is -0.369 e. The van der Waals surface area contributed by atoms with Crippen molar-refractivity contribution in [1.82, 2.24) is 9.55 Å². The van der Waals surface area contributed by atoms with Crippen molar-refractivity contribution in [3.8, 4) is 11.8 Å². The predicted molar refractivity (Wildman–Crippen MR) is 77.9 cm³/mol. The van der Waals surface area contributed by atoms with Crippen LogP contribution in [0.25, 0.3) is 16.7 Å². The summed E-state index contributed by atoms with van der Waals surface area (Å²) in [5.41, 5.74) is 8.08. The van der Waals surface area contributed by atoms with Gasteiger partial charge >= 0.3 is 0 Å². The summed E-state index contributed by atoms with van der Waals surface area (Å²) in [5, 5.41) is 9.24. The molecule has 0 aliphatic carbocycles. The second kappa shape index (κ2) is 4.62. The molecule has 1 heterocycles. The maximum Gasteiger partial charge on any atom is 0.205 e. The van der Waals surface area contributed by atoms with Gasteiger partial charge in [0.15, 0.2) is 0 Å². The van der Waals surface area contributed by atoms with Gasteiger partial charge in [-0.15, -0.1) is 0 Å². The van der Waals surface area contributed by atoms with Gasteiger partial charge in [0.1, 0.15) is 11.9 Å². The molecule has 0 aliphatic heterocycles. The van der Waals surface area contributed by atoms with E-state index in [0.29, 0.717) is 22.3 Å². The Bertz CT molecular complexity index is 863. The topological polar surface area (TPSA) is 67.6 Å². The predicted octanol–water partition coefficient (Wildman–Crippen LogP) is 3.38. The fraction of sp³-hybridized carbons (Fsp3) is 0. The average molecular weight is 331 g/mol. The highest BCUT2D eigenvalue weighted by molar-refractivity contribution is 9.10. The van der Waals surface area contributed by atoms with Crippen LogP contribution >= 0.6 is 15.9 Å². The standard InChI is InChI=1S/C14H8BrFN4/c15-9-1-3-12(8(5-9)7-17)20-13-4-2-10(16)6-11(13)19-14(20)18/h1-6H,(H2,18,19). The highest BCUT2D eigenvalue weighted by Gasteiger charge is 2.14. The molecule has 0 fully saturated rings. The number of fused-ring (bicyclic) bond motifs is 1. The first-order chi connectivity index (χ1) is 9.60. The number of nitriles is 1. The summed E-state index contributed by atoms with van der Waals surface area (Å²) in [7, 11) is 0. The van der Waals surface area contributed by atoms with E-state index < -0.39 is 0 Å². The maximum absolute atomic E-state index is 13.2. The number of nitrogens with zero attached hydrogens (tertiary/aromatic N) is 3. The highest BCUT2D eigenvalue weighted by atomic mass is 79.9. The Balaban J connectivity index is 2.35. The lowest BCUT2D eigenvalue weighted by Crippen LogP contribution is -2.02. The van der Waals surface area contributed by atoms with Crippen molar-refractivity contribution >= 4 is 32.9 Å². The SMILES string of the molecule is N#Cc1cc(Br)ccc1-n1c(N)nc2cc(F)ccc21. The fourth-order valence-corrected chi connectivity index (χ4v) is 2.48. The van der Waals surface area contributed by atoms with Gasteiger partial charge in [0, 0.05) is 10.5 Å². The molecule has 0 spiro atoms. The molecule has 0 amide bonds. The molecule has 0 aliphatic rings. The summed E-state index contributed by atoms with van der Waals surface area (Å²) in [6, 6.07) is 11.6. The van der Waals surface area contributed by atoms with Crippen molar-refractivity contribution in [2.24, 2.45) is 0 Å². The number of nitrogens with two attached hydrogens (primary N) is 1. The maximum atomic E-state index is 13.2. The number of nitrogen functional groups attached to an aromatic ring is 1. The lowest BCUT2D eigenvalue weighted by Gasteiger charge is -2.08. The molecular formula is C14H8BrFN4. The lowest BCUT2D eigenvalue weighted by atomic mass is 10.2. The summed E-state index contributed by atoms with van der Waals surface area (Å²) in [4.78, 5) is 4.13. The molecule has 0 saturated heterocycles. The summed E-state index contributed by atoms with van der Waals surface area (Å²) >= 11 is 3.32. The molecule has 2 aromatic carbocycles. The number of halogens is 2. The molecular weight excluding hydrogens is 323 g/mol. The van der Waals surface area contributed by atoms with Gasteiger partial charge in [-0.2, -0.15) is 5.26 Å². The van der Waals surface area contributed by atoms with Crippen LogP contribution in [-0.4, -0.2) is 9.55 Å². The minimum absolute atomic E-state index is 0.212. The van der Waals surface area contributed by atoms with E-state index in [4.69, 9.17) is 5.73 Å². The highest BCUT2D eigenvalue weighted by Crippen LogP contribution is 2.27. The van der Waals surface area contributed by atoms with Gasteiger partial charge in [0.05, 0.1) is 22.3 Å². The number of hydrogen-bond donors (Lipinski definition) is 1. The Kier molecular flexibility index (Phi) is 2.92. The first kappa shape index (κ1) is 12.6. The van der Waals surface area contributed by atoms with Crippen molar-refractivity contribution < 1.29 is 4.39 Å². The molecule has 0 atom stereocenters. The van der Waals surface area contributed by atoms with Crippen molar-refractivity contribution in [3.05, 3.63) is 52.3 Å². The molecule has 20 heavy (non-hydrogen) atoms. The second-order valence-electron chi connectivity index (χ2n) is 4.21. The Morgan fingerprint density at radius 1 is 1.25 bits per heavy atom. The van der Waals surface area contributed by atoms with Gasteiger partial charge in [-0.25, -0.2) is 9.37 Å². The van der Waals surface area contributed by atoms with Crippen LogP contribution in [0.1, 0.15) is 5.56 Å². The van der Waals surface area contributed by atoms with E-state index in [2.05, 4.69) is 27.0 Å². The van der Waals surface area contributed by atoms with Gasteiger partial charge in [0.25, 0.3) is 0 Å². The second-order valence-corrected chi connectivity index (χ2v) is 5.13. The lowest BCUT2D eigenvalue weighted by molar-refractivity contribution is 0.629. The first-order valence-corrected chi connectivity index (χ1v) is 6.53. The zero-order chi connectivity index (χ0) is 14.3. The van der Waals surface area contributed by atoms with Crippen molar-refractivity contribution in [1.29, 1.82) is 5.26 Å². The van der Waals surface area contributed by atoms with Crippen molar-refractivity contribution in [2.45, 2.75) is 0 Å².